The third-order valence-electron chi connectivity index (χ3n) is 5.53. The van der Waals surface area contributed by atoms with Crippen LogP contribution in [0.15, 0.2) is 125 Å². The SMILES string of the molecule is Clc1ccc(C(=C2Sc3ccccc3S2)C(=C2[SH+]c3ccccc3[SH+]2)c2ccc(Cl)cc2)cc1. The lowest BCUT2D eigenvalue weighted by Gasteiger charge is -2.14. The average molecular weight is 554 g/mol. The number of thioether (sulfide) groups is 2. The summed E-state index contributed by atoms with van der Waals surface area (Å²) in [5, 5.41) is 1.49. The maximum Gasteiger partial charge on any atom is 0.344 e. The Hall–Kier alpha value is -1.66. The normalized spacial score (nSPS) is 14.2. The Morgan fingerprint density at radius 2 is 0.971 bits per heavy atom. The molecule has 0 aromatic heterocycles. The summed E-state index contributed by atoms with van der Waals surface area (Å²) in [6, 6.07) is 33.9. The van der Waals surface area contributed by atoms with Crippen molar-refractivity contribution in [3.05, 3.63) is 127 Å². The molecule has 0 spiro atoms. The van der Waals surface area contributed by atoms with Gasteiger partial charge in [-0.15, -0.1) is 0 Å². The lowest BCUT2D eigenvalue weighted by Crippen LogP contribution is -1.98. The van der Waals surface area contributed by atoms with Gasteiger partial charge in [0, 0.05) is 25.4 Å². The van der Waals surface area contributed by atoms with Crippen molar-refractivity contribution in [3.63, 3.8) is 0 Å². The molecule has 0 aliphatic carbocycles. The smallest absolute Gasteiger partial charge is 0.0843 e. The van der Waals surface area contributed by atoms with Gasteiger partial charge in [-0.2, -0.15) is 0 Å². The van der Waals surface area contributed by atoms with Crippen LogP contribution in [0.1, 0.15) is 11.1 Å². The second-order valence-corrected chi connectivity index (χ2v) is 13.6. The summed E-state index contributed by atoms with van der Waals surface area (Å²) in [5.74, 6) is 0. The maximum absolute atomic E-state index is 6.30. The minimum absolute atomic E-state index is 0.744. The predicted octanol–water partition coefficient (Wildman–Crippen LogP) is 8.99. The molecule has 166 valence electrons. The quantitative estimate of drug-likeness (QED) is 0.183. The molecule has 6 rings (SSSR count). The Morgan fingerprint density at radius 1 is 0.529 bits per heavy atom. The van der Waals surface area contributed by atoms with E-state index in [1.165, 1.54) is 73.9 Å². The van der Waals surface area contributed by atoms with Gasteiger partial charge in [-0.1, -0.05) is 95.3 Å². The highest BCUT2D eigenvalue weighted by atomic mass is 35.5. The van der Waals surface area contributed by atoms with Crippen LogP contribution in [0.2, 0.25) is 10.0 Å². The van der Waals surface area contributed by atoms with E-state index in [1.54, 1.807) is 0 Å². The van der Waals surface area contributed by atoms with Gasteiger partial charge in [0.15, 0.2) is 0 Å². The third kappa shape index (κ3) is 4.48. The molecule has 0 saturated heterocycles. The zero-order valence-electron chi connectivity index (χ0n) is 17.7. The number of benzene rings is 4. The Bertz CT molecular complexity index is 1290. The van der Waals surface area contributed by atoms with E-state index < -0.39 is 0 Å². The summed E-state index contributed by atoms with van der Waals surface area (Å²) in [6.45, 7) is 0. The molecule has 0 radical (unpaired) electrons. The summed E-state index contributed by atoms with van der Waals surface area (Å²) in [4.78, 5) is 5.36. The van der Waals surface area contributed by atoms with Gasteiger partial charge in [-0.3, -0.25) is 0 Å². The lowest BCUT2D eigenvalue weighted by atomic mass is 9.95. The number of allylic oxidation sites excluding steroid dienone is 2. The standard InChI is InChI=1S/C28H16Cl2S4/c29-19-13-9-17(10-14-19)25(27-31-21-5-1-2-6-22(21)32-27)26(18-11-15-20(30)16-12-18)28-33-23-7-3-4-8-24(23)34-28/h1-16H/p+2. The molecule has 2 aliphatic heterocycles. The van der Waals surface area contributed by atoms with Crippen molar-refractivity contribution in [2.75, 3.05) is 0 Å². The summed E-state index contributed by atoms with van der Waals surface area (Å²) >= 11 is 18.8. The molecule has 0 unspecified atom stereocenters. The second-order valence-electron chi connectivity index (χ2n) is 7.74. The van der Waals surface area contributed by atoms with E-state index in [2.05, 4.69) is 72.8 Å². The molecule has 2 aliphatic rings. The van der Waals surface area contributed by atoms with Crippen molar-refractivity contribution in [1.29, 1.82) is 0 Å². The zero-order chi connectivity index (χ0) is 23.1. The van der Waals surface area contributed by atoms with Gasteiger partial charge in [-0.25, -0.2) is 0 Å². The van der Waals surface area contributed by atoms with Crippen molar-refractivity contribution < 1.29 is 0 Å². The van der Waals surface area contributed by atoms with E-state index in [0.29, 0.717) is 0 Å². The number of fused-ring (bicyclic) bond motifs is 2. The monoisotopic (exact) mass is 552 g/mol. The molecule has 2 heterocycles. The largest absolute Gasteiger partial charge is 0.344 e. The van der Waals surface area contributed by atoms with Gasteiger partial charge in [0.05, 0.1) is 9.81 Å². The van der Waals surface area contributed by atoms with Gasteiger partial charge in [0.25, 0.3) is 0 Å². The van der Waals surface area contributed by atoms with Crippen LogP contribution in [0.5, 0.6) is 0 Å². The number of hydrogen-bond donors (Lipinski definition) is 0. The third-order valence-corrected chi connectivity index (χ3v) is 11.5. The van der Waals surface area contributed by atoms with Crippen LogP contribution < -0.4 is 0 Å². The van der Waals surface area contributed by atoms with Crippen molar-refractivity contribution >= 4 is 81.4 Å². The van der Waals surface area contributed by atoms with Crippen LogP contribution >= 0.6 is 46.7 Å². The van der Waals surface area contributed by atoms with E-state index >= 15 is 0 Å². The first-order chi connectivity index (χ1) is 16.7. The van der Waals surface area contributed by atoms with E-state index in [-0.39, 0.29) is 0 Å². The molecule has 4 aromatic carbocycles. The first kappa shape index (κ1) is 22.8. The molecule has 6 heteroatoms. The maximum atomic E-state index is 6.30. The van der Waals surface area contributed by atoms with Gasteiger partial charge in [-0.05, 0) is 59.7 Å². The minimum Gasteiger partial charge on any atom is -0.0843 e. The predicted molar refractivity (Wildman–Crippen MR) is 155 cm³/mol. The Morgan fingerprint density at radius 3 is 1.47 bits per heavy atom. The summed E-state index contributed by atoms with van der Waals surface area (Å²) in [7, 11) is 0. The molecule has 0 bridgehead atoms. The van der Waals surface area contributed by atoms with Crippen molar-refractivity contribution in [3.8, 4) is 0 Å². The van der Waals surface area contributed by atoms with Crippen molar-refractivity contribution in [2.45, 2.75) is 19.6 Å². The molecule has 0 fully saturated rings. The number of halogens is 2. The molecule has 34 heavy (non-hydrogen) atoms. The fourth-order valence-corrected chi connectivity index (χ4v) is 9.83. The van der Waals surface area contributed by atoms with Crippen LogP contribution in [0.3, 0.4) is 0 Å². The van der Waals surface area contributed by atoms with Gasteiger partial charge in [0.2, 0.25) is 9.79 Å². The molecule has 4 aromatic rings. The summed E-state index contributed by atoms with van der Waals surface area (Å²) in [6.07, 6.45) is 0. The Labute approximate surface area is 226 Å². The van der Waals surface area contributed by atoms with E-state index in [1.807, 2.05) is 47.8 Å². The first-order valence-corrected chi connectivity index (χ1v) is 14.8. The van der Waals surface area contributed by atoms with E-state index in [0.717, 1.165) is 10.0 Å². The van der Waals surface area contributed by atoms with Crippen molar-refractivity contribution in [1.82, 2.24) is 0 Å². The fraction of sp³-hybridized carbons (Fsp3) is 0. The molecular formula is C28H18Cl2S4+2. The van der Waals surface area contributed by atoms with Crippen molar-refractivity contribution in [2.24, 2.45) is 0 Å². The molecule has 0 N–H and O–H groups in total. The highest BCUT2D eigenvalue weighted by molar-refractivity contribution is 8.25. The second kappa shape index (κ2) is 9.77. The van der Waals surface area contributed by atoms with Crippen LogP contribution in [-0.4, -0.2) is 0 Å². The van der Waals surface area contributed by atoms with Crippen LogP contribution in [0, 0.1) is 0 Å². The molecule has 0 saturated carbocycles. The van der Waals surface area contributed by atoms with Gasteiger partial charge in [0.1, 0.15) is 23.5 Å². The Kier molecular flexibility index (Phi) is 6.55. The number of hydrogen-bond acceptors (Lipinski definition) is 2. The van der Waals surface area contributed by atoms with Gasteiger partial charge >= 0.3 is 4.24 Å². The van der Waals surface area contributed by atoms with Crippen LogP contribution in [-0.2, 0) is 23.5 Å². The highest BCUT2D eigenvalue weighted by Gasteiger charge is 2.40. The molecular weight excluding hydrogens is 535 g/mol. The highest BCUT2D eigenvalue weighted by Crippen LogP contribution is 2.56. The number of thiol groups is 2. The fourth-order valence-electron chi connectivity index (χ4n) is 3.94. The van der Waals surface area contributed by atoms with E-state index in [9.17, 15) is 0 Å². The molecule has 0 amide bonds. The summed E-state index contributed by atoms with van der Waals surface area (Å²) < 4.78 is 2.68. The Balaban J connectivity index is 1.60. The summed E-state index contributed by atoms with van der Waals surface area (Å²) in [5.41, 5.74) is 4.89. The first-order valence-electron chi connectivity index (χ1n) is 10.6. The molecule has 0 nitrogen and oxygen atoms in total. The van der Waals surface area contributed by atoms with Crippen LogP contribution in [0.4, 0.5) is 0 Å². The van der Waals surface area contributed by atoms with Gasteiger partial charge < -0.3 is 0 Å². The van der Waals surface area contributed by atoms with Crippen LogP contribution in [0.25, 0.3) is 11.1 Å². The molecule has 0 atom stereocenters. The lowest BCUT2D eigenvalue weighted by molar-refractivity contribution is 1.27. The minimum atomic E-state index is 0.744. The average Bonchev–Trinajstić information content (AvgIpc) is 3.48. The zero-order valence-corrected chi connectivity index (χ0v) is 22.6. The topological polar surface area (TPSA) is 0 Å². The number of rotatable bonds is 3. The van der Waals surface area contributed by atoms with E-state index in [4.69, 9.17) is 23.2 Å².